The zero-order valence-corrected chi connectivity index (χ0v) is 9.70. The normalized spacial score (nSPS) is 24.2. The largest absolute Gasteiger partial charge is 0.475 e. The van der Waals surface area contributed by atoms with Crippen LogP contribution in [0.25, 0.3) is 0 Å². The standard InChI is InChI=1S/C11H11N3O4/c1-2-16-11(15)9-6-5-17-10-8(7(6)14-18-9)12-3-4-13-10/h3-4,6,9H,2,5H2,1H3. The van der Waals surface area contributed by atoms with Crippen molar-refractivity contribution in [3.8, 4) is 5.88 Å². The first-order valence-electron chi connectivity index (χ1n) is 5.65. The zero-order valence-electron chi connectivity index (χ0n) is 9.70. The number of hydrogen-bond donors (Lipinski definition) is 0. The van der Waals surface area contributed by atoms with Crippen molar-refractivity contribution in [1.29, 1.82) is 0 Å². The molecule has 7 heteroatoms. The van der Waals surface area contributed by atoms with Crippen LogP contribution in [0.1, 0.15) is 12.6 Å². The van der Waals surface area contributed by atoms with Crippen molar-refractivity contribution in [2.45, 2.75) is 13.0 Å². The predicted octanol–water partition coefficient (Wildman–Crippen LogP) is 0.151. The van der Waals surface area contributed by atoms with E-state index in [1.165, 1.54) is 0 Å². The second-order valence-corrected chi connectivity index (χ2v) is 3.88. The van der Waals surface area contributed by atoms with Gasteiger partial charge in [0.1, 0.15) is 12.3 Å². The Morgan fingerprint density at radius 3 is 3.17 bits per heavy atom. The van der Waals surface area contributed by atoms with Gasteiger partial charge in [-0.05, 0) is 6.92 Å². The third-order valence-electron chi connectivity index (χ3n) is 2.81. The molecule has 3 heterocycles. The van der Waals surface area contributed by atoms with Gasteiger partial charge in [-0.3, -0.25) is 0 Å². The van der Waals surface area contributed by atoms with Gasteiger partial charge in [0, 0.05) is 12.4 Å². The van der Waals surface area contributed by atoms with Crippen LogP contribution in [0.2, 0.25) is 0 Å². The quantitative estimate of drug-likeness (QED) is 0.694. The summed E-state index contributed by atoms with van der Waals surface area (Å²) in [6.07, 6.45) is 2.33. The maximum atomic E-state index is 11.7. The molecule has 0 amide bonds. The van der Waals surface area contributed by atoms with Crippen molar-refractivity contribution in [2.24, 2.45) is 11.1 Å². The second-order valence-electron chi connectivity index (χ2n) is 3.88. The lowest BCUT2D eigenvalue weighted by atomic mass is 9.94. The number of hydrogen-bond acceptors (Lipinski definition) is 7. The molecule has 0 N–H and O–H groups in total. The highest BCUT2D eigenvalue weighted by Crippen LogP contribution is 2.31. The second kappa shape index (κ2) is 4.25. The number of ether oxygens (including phenoxy) is 2. The maximum Gasteiger partial charge on any atom is 0.351 e. The first-order valence-corrected chi connectivity index (χ1v) is 5.65. The van der Waals surface area contributed by atoms with Gasteiger partial charge < -0.3 is 14.3 Å². The maximum absolute atomic E-state index is 11.7. The van der Waals surface area contributed by atoms with Crippen LogP contribution in [0.5, 0.6) is 5.88 Å². The number of oxime groups is 1. The molecule has 0 aliphatic carbocycles. The molecule has 7 nitrogen and oxygen atoms in total. The summed E-state index contributed by atoms with van der Waals surface area (Å²) in [6.45, 7) is 2.33. The monoisotopic (exact) mass is 249 g/mol. The minimum Gasteiger partial charge on any atom is -0.475 e. The van der Waals surface area contributed by atoms with Crippen LogP contribution < -0.4 is 4.74 Å². The molecule has 2 unspecified atom stereocenters. The molecule has 0 radical (unpaired) electrons. The summed E-state index contributed by atoms with van der Waals surface area (Å²) >= 11 is 0. The highest BCUT2D eigenvalue weighted by atomic mass is 16.7. The van der Waals surface area contributed by atoms with Crippen LogP contribution in [0.4, 0.5) is 0 Å². The van der Waals surface area contributed by atoms with Gasteiger partial charge in [-0.1, -0.05) is 5.16 Å². The third kappa shape index (κ3) is 1.59. The highest BCUT2D eigenvalue weighted by Gasteiger charge is 2.45. The van der Waals surface area contributed by atoms with Crippen LogP contribution in [-0.2, 0) is 14.4 Å². The molecule has 18 heavy (non-hydrogen) atoms. The lowest BCUT2D eigenvalue weighted by Gasteiger charge is -2.22. The number of fused-ring (bicyclic) bond motifs is 3. The van der Waals surface area contributed by atoms with Crippen molar-refractivity contribution in [3.63, 3.8) is 0 Å². The van der Waals surface area contributed by atoms with E-state index < -0.39 is 12.1 Å². The molecule has 1 aromatic rings. The number of esters is 1. The molecule has 94 valence electrons. The van der Waals surface area contributed by atoms with E-state index in [2.05, 4.69) is 15.1 Å². The van der Waals surface area contributed by atoms with Gasteiger partial charge in [-0.15, -0.1) is 0 Å². The minimum absolute atomic E-state index is 0.284. The lowest BCUT2D eigenvalue weighted by Crippen LogP contribution is -2.39. The van der Waals surface area contributed by atoms with Gasteiger partial charge in [0.2, 0.25) is 12.0 Å². The zero-order chi connectivity index (χ0) is 12.5. The van der Waals surface area contributed by atoms with Gasteiger partial charge in [0.15, 0.2) is 5.69 Å². The fourth-order valence-electron chi connectivity index (χ4n) is 1.99. The smallest absolute Gasteiger partial charge is 0.351 e. The molecule has 3 rings (SSSR count). The Labute approximate surface area is 103 Å². The Kier molecular flexibility index (Phi) is 2.58. The molecule has 2 aliphatic heterocycles. The number of carbonyl (C=O) groups excluding carboxylic acids is 1. The molecule has 0 bridgehead atoms. The summed E-state index contributed by atoms with van der Waals surface area (Å²) in [5.74, 6) is -0.300. The number of carbonyl (C=O) groups is 1. The van der Waals surface area contributed by atoms with E-state index in [-0.39, 0.29) is 12.5 Å². The van der Waals surface area contributed by atoms with Crippen molar-refractivity contribution in [1.82, 2.24) is 9.97 Å². The number of nitrogens with zero attached hydrogens (tertiary/aromatic N) is 3. The molecule has 0 spiro atoms. The molecular formula is C11H11N3O4. The van der Waals surface area contributed by atoms with Gasteiger partial charge in [-0.25, -0.2) is 14.8 Å². The van der Waals surface area contributed by atoms with E-state index in [9.17, 15) is 4.79 Å². The average Bonchev–Trinajstić information content (AvgIpc) is 2.83. The van der Waals surface area contributed by atoms with E-state index in [1.54, 1.807) is 19.3 Å². The third-order valence-corrected chi connectivity index (χ3v) is 2.81. The summed E-state index contributed by atoms with van der Waals surface area (Å²) < 4.78 is 10.4. The molecule has 0 aromatic carbocycles. The van der Waals surface area contributed by atoms with Crippen LogP contribution in [0.15, 0.2) is 17.5 Å². The van der Waals surface area contributed by atoms with E-state index in [1.807, 2.05) is 0 Å². The van der Waals surface area contributed by atoms with Crippen LogP contribution in [0.3, 0.4) is 0 Å². The molecule has 0 saturated carbocycles. The van der Waals surface area contributed by atoms with Crippen molar-refractivity contribution >= 4 is 11.7 Å². The summed E-state index contributed by atoms with van der Waals surface area (Å²) in [4.78, 5) is 25.0. The molecular weight excluding hydrogens is 238 g/mol. The van der Waals surface area contributed by atoms with E-state index >= 15 is 0 Å². The van der Waals surface area contributed by atoms with Crippen LogP contribution in [0, 0.1) is 5.92 Å². The number of aromatic nitrogens is 2. The summed E-state index contributed by atoms with van der Waals surface area (Å²) in [5, 5.41) is 3.92. The summed E-state index contributed by atoms with van der Waals surface area (Å²) in [7, 11) is 0. The van der Waals surface area contributed by atoms with E-state index in [4.69, 9.17) is 14.3 Å². The molecule has 2 atom stereocenters. The molecule has 0 saturated heterocycles. The summed E-state index contributed by atoms with van der Waals surface area (Å²) in [6, 6.07) is 0. The highest BCUT2D eigenvalue weighted by molar-refractivity contribution is 6.06. The van der Waals surface area contributed by atoms with E-state index in [0.717, 1.165) is 0 Å². The van der Waals surface area contributed by atoms with Crippen molar-refractivity contribution in [3.05, 3.63) is 18.1 Å². The van der Waals surface area contributed by atoms with Crippen LogP contribution >= 0.6 is 0 Å². The Bertz CT molecular complexity index is 517. The number of rotatable bonds is 2. The Morgan fingerprint density at radius 2 is 2.33 bits per heavy atom. The molecule has 0 fully saturated rings. The van der Waals surface area contributed by atoms with E-state index in [0.29, 0.717) is 23.9 Å². The first-order chi connectivity index (χ1) is 8.81. The molecule has 1 aromatic heterocycles. The topological polar surface area (TPSA) is 82.9 Å². The Hall–Kier alpha value is -2.18. The van der Waals surface area contributed by atoms with Gasteiger partial charge in [0.25, 0.3) is 0 Å². The van der Waals surface area contributed by atoms with Gasteiger partial charge in [0.05, 0.1) is 12.5 Å². The van der Waals surface area contributed by atoms with Crippen LogP contribution in [-0.4, -0.2) is 41.0 Å². The lowest BCUT2D eigenvalue weighted by molar-refractivity contribution is -0.157. The Balaban J connectivity index is 1.87. The Morgan fingerprint density at radius 1 is 1.50 bits per heavy atom. The van der Waals surface area contributed by atoms with Crippen molar-refractivity contribution < 1.29 is 19.1 Å². The predicted molar refractivity (Wildman–Crippen MR) is 59.1 cm³/mol. The summed E-state index contributed by atoms with van der Waals surface area (Å²) in [5.41, 5.74) is 1.13. The molecule has 2 aliphatic rings. The van der Waals surface area contributed by atoms with Gasteiger partial charge in [-0.2, -0.15) is 0 Å². The average molecular weight is 249 g/mol. The SMILES string of the molecule is CCOC(=O)C1ON=C2c3nccnc3OCC21. The van der Waals surface area contributed by atoms with Crippen molar-refractivity contribution in [2.75, 3.05) is 13.2 Å². The fraction of sp³-hybridized carbons (Fsp3) is 0.455. The van der Waals surface area contributed by atoms with Gasteiger partial charge >= 0.3 is 5.97 Å². The minimum atomic E-state index is -0.755. The fourth-order valence-corrected chi connectivity index (χ4v) is 1.99. The first kappa shape index (κ1) is 10.9.